The highest BCUT2D eigenvalue weighted by Crippen LogP contribution is 2.32. The van der Waals surface area contributed by atoms with Gasteiger partial charge < -0.3 is 4.57 Å². The molecular formula is C16H15F2N3S. The van der Waals surface area contributed by atoms with Gasteiger partial charge in [-0.3, -0.25) is 4.98 Å². The molecule has 0 radical (unpaired) electrons. The molecule has 0 unspecified atom stereocenters. The van der Waals surface area contributed by atoms with Crippen molar-refractivity contribution in [3.05, 3.63) is 42.2 Å². The number of rotatable bonds is 4. The van der Waals surface area contributed by atoms with Gasteiger partial charge in [-0.1, -0.05) is 6.07 Å². The van der Waals surface area contributed by atoms with Crippen molar-refractivity contribution >= 4 is 22.8 Å². The van der Waals surface area contributed by atoms with Crippen molar-refractivity contribution in [1.82, 2.24) is 14.5 Å². The summed E-state index contributed by atoms with van der Waals surface area (Å²) in [6.45, 7) is 2.02. The van der Waals surface area contributed by atoms with Gasteiger partial charge in [-0.25, -0.2) is 13.8 Å². The Bertz CT molecular complexity index is 814. The van der Waals surface area contributed by atoms with Crippen molar-refractivity contribution in [2.75, 3.05) is 5.75 Å². The van der Waals surface area contributed by atoms with Crippen LogP contribution in [0.4, 0.5) is 8.78 Å². The average molecular weight is 319 g/mol. The molecule has 3 nitrogen and oxygen atoms in total. The Morgan fingerprint density at radius 2 is 2.09 bits per heavy atom. The lowest BCUT2D eigenvalue weighted by Gasteiger charge is -2.08. The molecule has 0 fully saturated rings. The standard InChI is InChI=1S/C16H15F2N3S/c1-10-3-4-13-12(7-10)20-16(21(13)2)11-5-6-19-8-14(11)22-9-15(17)18/h3-8,15H,9H2,1-2H3. The lowest BCUT2D eigenvalue weighted by Crippen LogP contribution is -1.97. The monoisotopic (exact) mass is 319 g/mol. The topological polar surface area (TPSA) is 30.7 Å². The number of aryl methyl sites for hydroxylation is 2. The van der Waals surface area contributed by atoms with Crippen LogP contribution in [0.2, 0.25) is 0 Å². The van der Waals surface area contributed by atoms with E-state index < -0.39 is 6.43 Å². The molecule has 6 heteroatoms. The minimum absolute atomic E-state index is 0.248. The lowest BCUT2D eigenvalue weighted by molar-refractivity contribution is 0.177. The first-order valence-corrected chi connectivity index (χ1v) is 7.83. The highest BCUT2D eigenvalue weighted by molar-refractivity contribution is 7.99. The summed E-state index contributed by atoms with van der Waals surface area (Å²) in [4.78, 5) is 9.43. The number of fused-ring (bicyclic) bond motifs is 1. The molecule has 114 valence electrons. The van der Waals surface area contributed by atoms with Crippen LogP contribution in [-0.4, -0.2) is 26.7 Å². The Morgan fingerprint density at radius 1 is 1.27 bits per heavy atom. The molecule has 22 heavy (non-hydrogen) atoms. The van der Waals surface area contributed by atoms with Crippen LogP contribution in [0.1, 0.15) is 5.56 Å². The van der Waals surface area contributed by atoms with Crippen LogP contribution in [0.15, 0.2) is 41.6 Å². The Balaban J connectivity index is 2.09. The normalized spacial score (nSPS) is 11.5. The van der Waals surface area contributed by atoms with E-state index >= 15 is 0 Å². The Hall–Kier alpha value is -1.95. The minimum Gasteiger partial charge on any atom is -0.327 e. The molecule has 0 atom stereocenters. The zero-order valence-corrected chi connectivity index (χ0v) is 13.1. The average Bonchev–Trinajstić information content (AvgIpc) is 2.81. The van der Waals surface area contributed by atoms with Crippen LogP contribution in [0.5, 0.6) is 0 Å². The summed E-state index contributed by atoms with van der Waals surface area (Å²) in [5.41, 5.74) is 3.89. The predicted molar refractivity (Wildman–Crippen MR) is 85.4 cm³/mol. The molecule has 0 saturated carbocycles. The van der Waals surface area contributed by atoms with Crippen molar-refractivity contribution in [3.8, 4) is 11.4 Å². The van der Waals surface area contributed by atoms with Gasteiger partial charge in [0.1, 0.15) is 5.82 Å². The molecule has 0 bridgehead atoms. The molecule has 0 saturated heterocycles. The van der Waals surface area contributed by atoms with Gasteiger partial charge in [-0.05, 0) is 30.7 Å². The number of benzene rings is 1. The molecule has 3 rings (SSSR count). The van der Waals surface area contributed by atoms with Crippen molar-refractivity contribution in [1.29, 1.82) is 0 Å². The summed E-state index contributed by atoms with van der Waals surface area (Å²) in [6.07, 6.45) is 0.931. The molecule has 2 heterocycles. The highest BCUT2D eigenvalue weighted by Gasteiger charge is 2.15. The van der Waals surface area contributed by atoms with E-state index in [1.165, 1.54) is 0 Å². The molecule has 3 aromatic rings. The predicted octanol–water partition coefficient (Wildman–Crippen LogP) is 4.30. The number of hydrogen-bond acceptors (Lipinski definition) is 3. The van der Waals surface area contributed by atoms with Gasteiger partial charge in [0, 0.05) is 29.9 Å². The van der Waals surface area contributed by atoms with Crippen LogP contribution in [0, 0.1) is 6.92 Å². The van der Waals surface area contributed by atoms with Gasteiger partial charge in [0.05, 0.1) is 16.8 Å². The van der Waals surface area contributed by atoms with E-state index in [-0.39, 0.29) is 5.75 Å². The SMILES string of the molecule is Cc1ccc2c(c1)nc(-c1ccncc1SCC(F)F)n2C. The van der Waals surface area contributed by atoms with Gasteiger partial charge >= 0.3 is 0 Å². The third-order valence-corrected chi connectivity index (χ3v) is 4.48. The third-order valence-electron chi connectivity index (χ3n) is 3.43. The fraction of sp³-hybridized carbons (Fsp3) is 0.250. The summed E-state index contributed by atoms with van der Waals surface area (Å²) >= 11 is 1.11. The first-order chi connectivity index (χ1) is 10.6. The zero-order chi connectivity index (χ0) is 15.7. The molecule has 0 aliphatic carbocycles. The molecule has 1 aromatic carbocycles. The fourth-order valence-electron chi connectivity index (χ4n) is 2.38. The maximum atomic E-state index is 12.5. The van der Waals surface area contributed by atoms with Crippen molar-refractivity contribution < 1.29 is 8.78 Å². The smallest absolute Gasteiger partial charge is 0.247 e. The van der Waals surface area contributed by atoms with Crippen LogP contribution >= 0.6 is 11.8 Å². The summed E-state index contributed by atoms with van der Waals surface area (Å²) in [5.74, 6) is 0.515. The van der Waals surface area contributed by atoms with Gasteiger partial charge in [0.15, 0.2) is 0 Å². The first kappa shape index (κ1) is 15.0. The number of pyridine rings is 1. The highest BCUT2D eigenvalue weighted by atomic mass is 32.2. The van der Waals surface area contributed by atoms with Crippen LogP contribution in [0.25, 0.3) is 22.4 Å². The molecule has 0 amide bonds. The molecule has 0 N–H and O–H groups in total. The van der Waals surface area contributed by atoms with E-state index in [0.29, 0.717) is 0 Å². The second-order valence-electron chi connectivity index (χ2n) is 5.06. The maximum absolute atomic E-state index is 12.5. The summed E-state index contributed by atoms with van der Waals surface area (Å²) in [6, 6.07) is 7.90. The van der Waals surface area contributed by atoms with Crippen molar-refractivity contribution in [3.63, 3.8) is 0 Å². The van der Waals surface area contributed by atoms with Crippen LogP contribution < -0.4 is 0 Å². The van der Waals surface area contributed by atoms with E-state index in [1.54, 1.807) is 12.4 Å². The second kappa shape index (κ2) is 6.04. The van der Waals surface area contributed by atoms with Gasteiger partial charge in [0.2, 0.25) is 6.43 Å². The number of alkyl halides is 2. The molecular weight excluding hydrogens is 304 g/mol. The number of hydrogen-bond donors (Lipinski definition) is 0. The van der Waals surface area contributed by atoms with Crippen LogP contribution in [-0.2, 0) is 7.05 Å². The number of thioether (sulfide) groups is 1. The third kappa shape index (κ3) is 2.83. The van der Waals surface area contributed by atoms with Crippen molar-refractivity contribution in [2.24, 2.45) is 7.05 Å². The summed E-state index contributed by atoms with van der Waals surface area (Å²) in [7, 11) is 1.93. The van der Waals surface area contributed by atoms with E-state index in [1.807, 2.05) is 42.8 Å². The number of halogens is 2. The fourth-order valence-corrected chi connectivity index (χ4v) is 3.14. The van der Waals surface area contributed by atoms with E-state index in [2.05, 4.69) is 9.97 Å². The summed E-state index contributed by atoms with van der Waals surface area (Å²) < 4.78 is 26.9. The molecule has 2 aromatic heterocycles. The van der Waals surface area contributed by atoms with Gasteiger partial charge in [-0.2, -0.15) is 0 Å². The Labute approximate surface area is 131 Å². The number of imidazole rings is 1. The zero-order valence-electron chi connectivity index (χ0n) is 12.3. The van der Waals surface area contributed by atoms with Gasteiger partial charge in [0.25, 0.3) is 0 Å². The lowest BCUT2D eigenvalue weighted by atomic mass is 10.2. The largest absolute Gasteiger partial charge is 0.327 e. The van der Waals surface area contributed by atoms with E-state index in [9.17, 15) is 8.78 Å². The molecule has 0 aliphatic rings. The van der Waals surface area contributed by atoms with E-state index in [0.717, 1.165) is 44.6 Å². The van der Waals surface area contributed by atoms with Crippen LogP contribution in [0.3, 0.4) is 0 Å². The minimum atomic E-state index is -2.35. The second-order valence-corrected chi connectivity index (χ2v) is 6.12. The van der Waals surface area contributed by atoms with E-state index in [4.69, 9.17) is 0 Å². The maximum Gasteiger partial charge on any atom is 0.247 e. The molecule has 0 aliphatic heterocycles. The quantitative estimate of drug-likeness (QED) is 0.672. The summed E-state index contributed by atoms with van der Waals surface area (Å²) in [5, 5.41) is 0. The Morgan fingerprint density at radius 3 is 2.86 bits per heavy atom. The number of aromatic nitrogens is 3. The first-order valence-electron chi connectivity index (χ1n) is 6.84. The Kier molecular flexibility index (Phi) is 4.11. The molecule has 0 spiro atoms. The van der Waals surface area contributed by atoms with Crippen molar-refractivity contribution in [2.45, 2.75) is 18.2 Å². The number of nitrogens with zero attached hydrogens (tertiary/aromatic N) is 3. The van der Waals surface area contributed by atoms with Gasteiger partial charge in [-0.15, -0.1) is 11.8 Å².